The van der Waals surface area contributed by atoms with E-state index in [1.807, 2.05) is 46.7 Å². The number of nitrogens with zero attached hydrogens (tertiary/aromatic N) is 2. The number of hydrogen-bond acceptors (Lipinski definition) is 3. The predicted molar refractivity (Wildman–Crippen MR) is 84.4 cm³/mol. The Bertz CT molecular complexity index is 675. The van der Waals surface area contributed by atoms with Crippen molar-refractivity contribution in [3.63, 3.8) is 0 Å². The van der Waals surface area contributed by atoms with Crippen LogP contribution >= 0.6 is 22.9 Å². The molecule has 0 aliphatic rings. The largest absolute Gasteiger partial charge is 0.378 e. The van der Waals surface area contributed by atoms with Crippen LogP contribution in [-0.2, 0) is 13.1 Å². The second kappa shape index (κ2) is 6.11. The molecule has 0 saturated heterocycles. The molecule has 0 spiro atoms. The van der Waals surface area contributed by atoms with E-state index in [0.29, 0.717) is 0 Å². The lowest BCUT2D eigenvalue weighted by atomic mass is 10.2. The van der Waals surface area contributed by atoms with Gasteiger partial charge in [0.25, 0.3) is 0 Å². The van der Waals surface area contributed by atoms with Crippen LogP contribution < -0.4 is 5.32 Å². The predicted octanol–water partition coefficient (Wildman–Crippen LogP) is 4.26. The monoisotopic (exact) mass is 303 g/mol. The molecule has 1 aromatic carbocycles. The number of hydrogen-bond donors (Lipinski definition) is 1. The summed E-state index contributed by atoms with van der Waals surface area (Å²) in [7, 11) is 0. The Balaban J connectivity index is 1.59. The number of nitrogens with one attached hydrogen (secondary N) is 1. The standard InChI is InChI=1S/C15H14ClN3S/c16-13-6-15(20-11-13)8-17-14-7-18-19(10-14)9-12-4-2-1-3-5-12/h1-7,10-11,17H,8-9H2. The molecule has 0 bridgehead atoms. The summed E-state index contributed by atoms with van der Waals surface area (Å²) < 4.78 is 1.93. The third-order valence-corrected chi connectivity index (χ3v) is 4.19. The number of anilines is 1. The van der Waals surface area contributed by atoms with Gasteiger partial charge >= 0.3 is 0 Å². The normalized spacial score (nSPS) is 10.7. The molecule has 0 amide bonds. The van der Waals surface area contributed by atoms with Gasteiger partial charge in [-0.1, -0.05) is 41.9 Å². The van der Waals surface area contributed by atoms with Gasteiger partial charge in [-0.2, -0.15) is 5.10 Å². The zero-order valence-electron chi connectivity index (χ0n) is 10.8. The van der Waals surface area contributed by atoms with Gasteiger partial charge in [-0.15, -0.1) is 11.3 Å². The summed E-state index contributed by atoms with van der Waals surface area (Å²) in [6, 6.07) is 12.3. The molecule has 2 aromatic heterocycles. The fourth-order valence-corrected chi connectivity index (χ4v) is 2.96. The van der Waals surface area contributed by atoms with E-state index in [-0.39, 0.29) is 0 Å². The first-order valence-corrected chi connectivity index (χ1v) is 7.58. The highest BCUT2D eigenvalue weighted by Gasteiger charge is 2.01. The molecule has 0 aliphatic carbocycles. The average molecular weight is 304 g/mol. The summed E-state index contributed by atoms with van der Waals surface area (Å²) in [4.78, 5) is 1.21. The van der Waals surface area contributed by atoms with Gasteiger partial charge in [-0.3, -0.25) is 4.68 Å². The van der Waals surface area contributed by atoms with Crippen LogP contribution in [0.3, 0.4) is 0 Å². The topological polar surface area (TPSA) is 29.9 Å². The maximum Gasteiger partial charge on any atom is 0.0729 e. The van der Waals surface area contributed by atoms with E-state index < -0.39 is 0 Å². The van der Waals surface area contributed by atoms with Crippen LogP contribution in [0.2, 0.25) is 5.02 Å². The third-order valence-electron chi connectivity index (χ3n) is 2.91. The van der Waals surface area contributed by atoms with Crippen LogP contribution in [0.4, 0.5) is 5.69 Å². The minimum absolute atomic E-state index is 0.772. The van der Waals surface area contributed by atoms with Crippen molar-refractivity contribution in [2.45, 2.75) is 13.1 Å². The molecule has 102 valence electrons. The molecule has 3 rings (SSSR count). The summed E-state index contributed by atoms with van der Waals surface area (Å²) in [5.41, 5.74) is 2.26. The van der Waals surface area contributed by atoms with Gasteiger partial charge in [0.1, 0.15) is 0 Å². The minimum Gasteiger partial charge on any atom is -0.378 e. The molecule has 0 saturated carbocycles. The summed E-state index contributed by atoms with van der Waals surface area (Å²) in [5.74, 6) is 0. The fraction of sp³-hybridized carbons (Fsp3) is 0.133. The Kier molecular flexibility index (Phi) is 4.04. The van der Waals surface area contributed by atoms with Crippen molar-refractivity contribution < 1.29 is 0 Å². The Morgan fingerprint density at radius 2 is 2.10 bits per heavy atom. The zero-order valence-corrected chi connectivity index (χ0v) is 12.4. The summed E-state index contributed by atoms with van der Waals surface area (Å²) in [6.07, 6.45) is 3.86. The lowest BCUT2D eigenvalue weighted by molar-refractivity contribution is 0.687. The molecule has 2 heterocycles. The Morgan fingerprint density at radius 1 is 1.25 bits per heavy atom. The average Bonchev–Trinajstić information content (AvgIpc) is 3.07. The molecule has 0 aliphatic heterocycles. The maximum absolute atomic E-state index is 5.90. The fourth-order valence-electron chi connectivity index (χ4n) is 1.95. The van der Waals surface area contributed by atoms with E-state index in [1.165, 1.54) is 10.4 Å². The Hall–Kier alpha value is -1.78. The highest BCUT2D eigenvalue weighted by atomic mass is 35.5. The molecule has 20 heavy (non-hydrogen) atoms. The maximum atomic E-state index is 5.90. The van der Waals surface area contributed by atoms with Gasteiger partial charge in [-0.05, 0) is 11.6 Å². The number of aromatic nitrogens is 2. The van der Waals surface area contributed by atoms with Crippen molar-refractivity contribution in [2.75, 3.05) is 5.32 Å². The van der Waals surface area contributed by atoms with Gasteiger partial charge < -0.3 is 5.32 Å². The van der Waals surface area contributed by atoms with Gasteiger partial charge in [0.05, 0.1) is 23.5 Å². The quantitative estimate of drug-likeness (QED) is 0.763. The van der Waals surface area contributed by atoms with Crippen LogP contribution in [0.1, 0.15) is 10.4 Å². The molecule has 5 heteroatoms. The van der Waals surface area contributed by atoms with Crippen molar-refractivity contribution in [3.8, 4) is 0 Å². The van der Waals surface area contributed by atoms with E-state index in [4.69, 9.17) is 11.6 Å². The molecule has 1 N–H and O–H groups in total. The van der Waals surface area contributed by atoms with Crippen molar-refractivity contribution in [2.24, 2.45) is 0 Å². The lowest BCUT2D eigenvalue weighted by Crippen LogP contribution is -2.00. The second-order valence-corrected chi connectivity index (χ2v) is 5.93. The van der Waals surface area contributed by atoms with Gasteiger partial charge in [-0.25, -0.2) is 0 Å². The number of halogens is 1. The second-order valence-electron chi connectivity index (χ2n) is 4.50. The SMILES string of the molecule is Clc1csc(CNc2cnn(Cc3ccccc3)c2)c1. The van der Waals surface area contributed by atoms with Crippen molar-refractivity contribution in [1.29, 1.82) is 0 Å². The third kappa shape index (κ3) is 3.40. The van der Waals surface area contributed by atoms with Gasteiger partial charge in [0.2, 0.25) is 0 Å². The van der Waals surface area contributed by atoms with E-state index in [2.05, 4.69) is 22.5 Å². The minimum atomic E-state index is 0.772. The van der Waals surface area contributed by atoms with Crippen LogP contribution in [-0.4, -0.2) is 9.78 Å². The molecule has 0 fully saturated rings. The molecule has 0 unspecified atom stereocenters. The first-order chi connectivity index (χ1) is 9.79. The Labute approximate surface area is 126 Å². The summed E-state index contributed by atoms with van der Waals surface area (Å²) in [6.45, 7) is 1.56. The van der Waals surface area contributed by atoms with Crippen LogP contribution in [0, 0.1) is 0 Å². The first kappa shape index (κ1) is 13.2. The van der Waals surface area contributed by atoms with Crippen LogP contribution in [0.15, 0.2) is 54.2 Å². The molecule has 3 nitrogen and oxygen atoms in total. The summed E-state index contributed by atoms with van der Waals surface area (Å²) in [5, 5.41) is 10.4. The van der Waals surface area contributed by atoms with E-state index in [1.54, 1.807) is 11.3 Å². The van der Waals surface area contributed by atoms with E-state index >= 15 is 0 Å². The van der Waals surface area contributed by atoms with Crippen molar-refractivity contribution >= 4 is 28.6 Å². The van der Waals surface area contributed by atoms with Crippen LogP contribution in [0.25, 0.3) is 0 Å². The zero-order chi connectivity index (χ0) is 13.8. The molecule has 0 radical (unpaired) electrons. The lowest BCUT2D eigenvalue weighted by Gasteiger charge is -2.02. The highest BCUT2D eigenvalue weighted by molar-refractivity contribution is 7.10. The van der Waals surface area contributed by atoms with E-state index in [0.717, 1.165) is 23.8 Å². The molecule has 3 aromatic rings. The van der Waals surface area contributed by atoms with Crippen molar-refractivity contribution in [3.05, 3.63) is 69.6 Å². The molecular formula is C15H14ClN3S. The Morgan fingerprint density at radius 3 is 2.85 bits per heavy atom. The summed E-state index contributed by atoms with van der Waals surface area (Å²) >= 11 is 7.56. The van der Waals surface area contributed by atoms with Crippen LogP contribution in [0.5, 0.6) is 0 Å². The number of benzene rings is 1. The number of rotatable bonds is 5. The van der Waals surface area contributed by atoms with E-state index in [9.17, 15) is 0 Å². The van der Waals surface area contributed by atoms with Gasteiger partial charge in [0, 0.05) is 23.0 Å². The number of thiophene rings is 1. The van der Waals surface area contributed by atoms with Crippen molar-refractivity contribution in [1.82, 2.24) is 9.78 Å². The van der Waals surface area contributed by atoms with Gasteiger partial charge in [0.15, 0.2) is 0 Å². The molecule has 0 atom stereocenters. The highest BCUT2D eigenvalue weighted by Crippen LogP contribution is 2.20. The smallest absolute Gasteiger partial charge is 0.0729 e. The molecular weight excluding hydrogens is 290 g/mol. The first-order valence-electron chi connectivity index (χ1n) is 6.33.